The van der Waals surface area contributed by atoms with Gasteiger partial charge in [-0.2, -0.15) is 0 Å². The Morgan fingerprint density at radius 3 is 2.95 bits per heavy atom. The fourth-order valence-corrected chi connectivity index (χ4v) is 2.59. The lowest BCUT2D eigenvalue weighted by Crippen LogP contribution is -2.36. The van der Waals surface area contributed by atoms with E-state index in [1.807, 2.05) is 25.1 Å². The SMILES string of the molecule is CNc1cncc(C(=O)N2c3ccccc3CC2C)n1. The Morgan fingerprint density at radius 2 is 2.15 bits per heavy atom. The van der Waals surface area contributed by atoms with Crippen LogP contribution in [0.25, 0.3) is 0 Å². The minimum Gasteiger partial charge on any atom is -0.372 e. The molecule has 102 valence electrons. The maximum absolute atomic E-state index is 12.7. The summed E-state index contributed by atoms with van der Waals surface area (Å²) in [5.41, 5.74) is 2.54. The van der Waals surface area contributed by atoms with Crippen LogP contribution in [0.2, 0.25) is 0 Å². The van der Waals surface area contributed by atoms with E-state index in [1.165, 1.54) is 11.8 Å². The monoisotopic (exact) mass is 268 g/mol. The average molecular weight is 268 g/mol. The molecule has 1 atom stereocenters. The van der Waals surface area contributed by atoms with Crippen LogP contribution in [0.15, 0.2) is 36.7 Å². The normalized spacial score (nSPS) is 16.9. The first kappa shape index (κ1) is 12.6. The number of rotatable bonds is 2. The molecule has 1 N–H and O–H groups in total. The summed E-state index contributed by atoms with van der Waals surface area (Å²) in [6.07, 6.45) is 3.98. The quantitative estimate of drug-likeness (QED) is 0.906. The fraction of sp³-hybridized carbons (Fsp3) is 0.267. The molecule has 1 aliphatic heterocycles. The van der Waals surface area contributed by atoms with E-state index in [0.717, 1.165) is 12.1 Å². The van der Waals surface area contributed by atoms with E-state index in [1.54, 1.807) is 18.1 Å². The van der Waals surface area contributed by atoms with Gasteiger partial charge in [0.05, 0.1) is 12.4 Å². The number of anilines is 2. The van der Waals surface area contributed by atoms with Gasteiger partial charge in [-0.3, -0.25) is 9.78 Å². The van der Waals surface area contributed by atoms with Gasteiger partial charge < -0.3 is 10.2 Å². The van der Waals surface area contributed by atoms with E-state index < -0.39 is 0 Å². The van der Waals surface area contributed by atoms with E-state index in [4.69, 9.17) is 0 Å². The largest absolute Gasteiger partial charge is 0.372 e. The molecule has 1 amide bonds. The van der Waals surface area contributed by atoms with Gasteiger partial charge in [0.1, 0.15) is 11.5 Å². The van der Waals surface area contributed by atoms with Gasteiger partial charge in [0.25, 0.3) is 5.91 Å². The van der Waals surface area contributed by atoms with E-state index in [-0.39, 0.29) is 11.9 Å². The molecule has 1 aliphatic rings. The number of amides is 1. The third-order valence-corrected chi connectivity index (χ3v) is 3.54. The highest BCUT2D eigenvalue weighted by molar-refractivity contribution is 6.06. The summed E-state index contributed by atoms with van der Waals surface area (Å²) in [4.78, 5) is 22.8. The first-order valence-corrected chi connectivity index (χ1v) is 6.62. The number of benzene rings is 1. The molecule has 0 saturated carbocycles. The predicted octanol–water partition coefficient (Wildman–Crippen LogP) is 2.11. The summed E-state index contributed by atoms with van der Waals surface area (Å²) < 4.78 is 0. The molecule has 1 aromatic carbocycles. The highest BCUT2D eigenvalue weighted by Gasteiger charge is 2.31. The smallest absolute Gasteiger partial charge is 0.278 e. The first-order valence-electron chi connectivity index (χ1n) is 6.62. The molecule has 0 aliphatic carbocycles. The summed E-state index contributed by atoms with van der Waals surface area (Å²) in [6.45, 7) is 2.05. The van der Waals surface area contributed by atoms with Crippen molar-refractivity contribution in [3.05, 3.63) is 47.9 Å². The number of aromatic nitrogens is 2. The van der Waals surface area contributed by atoms with Gasteiger partial charge in [0.2, 0.25) is 0 Å². The molecule has 5 heteroatoms. The number of carbonyl (C=O) groups is 1. The molecular formula is C15H16N4O. The third-order valence-electron chi connectivity index (χ3n) is 3.54. The second-order valence-corrected chi connectivity index (χ2v) is 4.90. The summed E-state index contributed by atoms with van der Waals surface area (Å²) in [7, 11) is 1.76. The van der Waals surface area contributed by atoms with E-state index in [0.29, 0.717) is 11.5 Å². The molecule has 1 unspecified atom stereocenters. The van der Waals surface area contributed by atoms with Crippen molar-refractivity contribution in [1.82, 2.24) is 9.97 Å². The van der Waals surface area contributed by atoms with Crippen LogP contribution >= 0.6 is 0 Å². The maximum atomic E-state index is 12.7. The van der Waals surface area contributed by atoms with Gasteiger partial charge >= 0.3 is 0 Å². The van der Waals surface area contributed by atoms with Crippen molar-refractivity contribution in [3.8, 4) is 0 Å². The molecule has 3 rings (SSSR count). The topological polar surface area (TPSA) is 58.1 Å². The molecular weight excluding hydrogens is 252 g/mol. The molecule has 0 radical (unpaired) electrons. The number of hydrogen-bond acceptors (Lipinski definition) is 4. The Balaban J connectivity index is 1.98. The Morgan fingerprint density at radius 1 is 1.35 bits per heavy atom. The van der Waals surface area contributed by atoms with E-state index >= 15 is 0 Å². The zero-order chi connectivity index (χ0) is 14.1. The van der Waals surface area contributed by atoms with Gasteiger partial charge in [-0.15, -0.1) is 0 Å². The zero-order valence-corrected chi connectivity index (χ0v) is 11.5. The second-order valence-electron chi connectivity index (χ2n) is 4.90. The molecule has 2 aromatic rings. The Kier molecular flexibility index (Phi) is 3.10. The molecule has 20 heavy (non-hydrogen) atoms. The number of nitrogens with one attached hydrogen (secondary N) is 1. The van der Waals surface area contributed by atoms with Gasteiger partial charge in [-0.25, -0.2) is 4.98 Å². The second kappa shape index (κ2) is 4.92. The highest BCUT2D eigenvalue weighted by atomic mass is 16.2. The Labute approximate surface area is 117 Å². The average Bonchev–Trinajstić information content (AvgIpc) is 2.82. The Bertz CT molecular complexity index is 656. The number of carbonyl (C=O) groups excluding carboxylic acids is 1. The van der Waals surface area contributed by atoms with Crippen molar-refractivity contribution in [2.45, 2.75) is 19.4 Å². The van der Waals surface area contributed by atoms with Crippen LogP contribution in [0.1, 0.15) is 23.0 Å². The minimum atomic E-state index is -0.105. The van der Waals surface area contributed by atoms with Crippen molar-refractivity contribution < 1.29 is 4.79 Å². The lowest BCUT2D eigenvalue weighted by molar-refractivity contribution is 0.0976. The number of fused-ring (bicyclic) bond motifs is 1. The molecule has 0 bridgehead atoms. The highest BCUT2D eigenvalue weighted by Crippen LogP contribution is 2.32. The van der Waals surface area contributed by atoms with Crippen molar-refractivity contribution >= 4 is 17.4 Å². The van der Waals surface area contributed by atoms with Crippen LogP contribution in [-0.2, 0) is 6.42 Å². The number of hydrogen-bond donors (Lipinski definition) is 1. The fourth-order valence-electron chi connectivity index (χ4n) is 2.59. The van der Waals surface area contributed by atoms with E-state index in [2.05, 4.69) is 21.4 Å². The Hall–Kier alpha value is -2.43. The van der Waals surface area contributed by atoms with Crippen molar-refractivity contribution in [2.75, 3.05) is 17.3 Å². The van der Waals surface area contributed by atoms with Gasteiger partial charge in [0, 0.05) is 18.8 Å². The van der Waals surface area contributed by atoms with Crippen molar-refractivity contribution in [1.29, 1.82) is 0 Å². The molecule has 0 fully saturated rings. The number of para-hydroxylation sites is 1. The van der Waals surface area contributed by atoms with Crippen LogP contribution in [-0.4, -0.2) is 29.0 Å². The van der Waals surface area contributed by atoms with Crippen LogP contribution in [0, 0.1) is 0 Å². The molecule has 5 nitrogen and oxygen atoms in total. The van der Waals surface area contributed by atoms with Crippen LogP contribution < -0.4 is 10.2 Å². The third kappa shape index (κ3) is 2.01. The molecule has 0 spiro atoms. The van der Waals surface area contributed by atoms with Crippen LogP contribution in [0.5, 0.6) is 0 Å². The molecule has 0 saturated heterocycles. The molecule has 2 heterocycles. The lowest BCUT2D eigenvalue weighted by atomic mass is 10.1. The van der Waals surface area contributed by atoms with Crippen LogP contribution in [0.4, 0.5) is 11.5 Å². The van der Waals surface area contributed by atoms with Crippen molar-refractivity contribution in [3.63, 3.8) is 0 Å². The maximum Gasteiger partial charge on any atom is 0.278 e. The summed E-state index contributed by atoms with van der Waals surface area (Å²) in [6, 6.07) is 8.13. The van der Waals surface area contributed by atoms with E-state index in [9.17, 15) is 4.79 Å². The van der Waals surface area contributed by atoms with Gasteiger partial charge in [0.15, 0.2) is 0 Å². The summed E-state index contributed by atoms with van der Waals surface area (Å²) >= 11 is 0. The predicted molar refractivity (Wildman–Crippen MR) is 78.0 cm³/mol. The summed E-state index contributed by atoms with van der Waals surface area (Å²) in [5.74, 6) is 0.489. The van der Waals surface area contributed by atoms with Crippen LogP contribution in [0.3, 0.4) is 0 Å². The van der Waals surface area contributed by atoms with Crippen molar-refractivity contribution in [2.24, 2.45) is 0 Å². The van der Waals surface area contributed by atoms with Gasteiger partial charge in [-0.1, -0.05) is 18.2 Å². The summed E-state index contributed by atoms with van der Waals surface area (Å²) in [5, 5.41) is 2.90. The first-order chi connectivity index (χ1) is 9.70. The minimum absolute atomic E-state index is 0.105. The standard InChI is InChI=1S/C15H16N4O/c1-10-7-11-5-3-4-6-13(11)19(10)15(20)12-8-17-9-14(16-2)18-12/h3-6,8-10H,7H2,1-2H3,(H,16,18). The van der Waals surface area contributed by atoms with Gasteiger partial charge in [-0.05, 0) is 25.0 Å². The lowest BCUT2D eigenvalue weighted by Gasteiger charge is -2.22. The number of nitrogens with zero attached hydrogens (tertiary/aromatic N) is 3. The molecule has 1 aromatic heterocycles. The zero-order valence-electron chi connectivity index (χ0n) is 11.5.